The van der Waals surface area contributed by atoms with Gasteiger partial charge in [-0.05, 0) is 30.0 Å². The highest BCUT2D eigenvalue weighted by molar-refractivity contribution is 9.10. The van der Waals surface area contributed by atoms with Gasteiger partial charge in [0.15, 0.2) is 0 Å². The van der Waals surface area contributed by atoms with Crippen LogP contribution in [0.4, 0.5) is 0 Å². The van der Waals surface area contributed by atoms with Crippen molar-refractivity contribution in [3.8, 4) is 0 Å². The quantitative estimate of drug-likeness (QED) is 0.814. The second kappa shape index (κ2) is 8.30. The van der Waals surface area contributed by atoms with Gasteiger partial charge in [0.05, 0.1) is 0 Å². The molecule has 118 valence electrons. The van der Waals surface area contributed by atoms with E-state index in [1.165, 1.54) is 35.8 Å². The molecule has 1 N–H and O–H groups in total. The molecule has 1 aromatic rings. The van der Waals surface area contributed by atoms with E-state index in [1.54, 1.807) is 0 Å². The highest BCUT2D eigenvalue weighted by Gasteiger charge is 2.29. The predicted octanol–water partition coefficient (Wildman–Crippen LogP) is 4.44. The van der Waals surface area contributed by atoms with Gasteiger partial charge in [0.1, 0.15) is 0 Å². The van der Waals surface area contributed by atoms with Crippen LogP contribution in [0.3, 0.4) is 0 Å². The van der Waals surface area contributed by atoms with E-state index in [0.717, 1.165) is 19.0 Å². The Balaban J connectivity index is 2.06. The molecule has 0 bridgehead atoms. The van der Waals surface area contributed by atoms with Gasteiger partial charge < -0.3 is 5.32 Å². The highest BCUT2D eigenvalue weighted by atomic mass is 79.9. The Morgan fingerprint density at radius 2 is 2.19 bits per heavy atom. The minimum atomic E-state index is 0.634. The molecule has 0 aliphatic carbocycles. The van der Waals surface area contributed by atoms with Crippen LogP contribution in [0.2, 0.25) is 0 Å². The summed E-state index contributed by atoms with van der Waals surface area (Å²) in [5, 5.41) is 3.78. The summed E-state index contributed by atoms with van der Waals surface area (Å²) in [5.74, 6) is 0.748. The smallest absolute Gasteiger partial charge is 0.0238 e. The molecule has 1 aliphatic rings. The normalized spacial score (nSPS) is 25.0. The third-order valence-electron chi connectivity index (χ3n) is 4.79. The number of hydrogen-bond acceptors (Lipinski definition) is 2. The Labute approximate surface area is 138 Å². The third-order valence-corrected chi connectivity index (χ3v) is 5.28. The fourth-order valence-electron chi connectivity index (χ4n) is 3.23. The van der Waals surface area contributed by atoms with Crippen molar-refractivity contribution < 1.29 is 0 Å². The lowest BCUT2D eigenvalue weighted by Crippen LogP contribution is -2.57. The first-order valence-electron chi connectivity index (χ1n) is 8.35. The molecule has 3 unspecified atom stereocenters. The number of piperazine rings is 1. The van der Waals surface area contributed by atoms with Crippen LogP contribution in [0.15, 0.2) is 28.7 Å². The summed E-state index contributed by atoms with van der Waals surface area (Å²) in [5.41, 5.74) is 1.41. The van der Waals surface area contributed by atoms with E-state index in [-0.39, 0.29) is 0 Å². The molecule has 1 fully saturated rings. The lowest BCUT2D eigenvalue weighted by molar-refractivity contribution is 0.0960. The van der Waals surface area contributed by atoms with Gasteiger partial charge in [0.2, 0.25) is 0 Å². The van der Waals surface area contributed by atoms with Crippen LogP contribution in [0.1, 0.15) is 45.6 Å². The van der Waals surface area contributed by atoms with Gasteiger partial charge in [0.25, 0.3) is 0 Å². The molecule has 21 heavy (non-hydrogen) atoms. The van der Waals surface area contributed by atoms with Crippen LogP contribution in [-0.2, 0) is 6.54 Å². The van der Waals surface area contributed by atoms with Crippen LogP contribution >= 0.6 is 15.9 Å². The van der Waals surface area contributed by atoms with Crippen molar-refractivity contribution in [1.29, 1.82) is 0 Å². The molecule has 2 rings (SSSR count). The summed E-state index contributed by atoms with van der Waals surface area (Å²) < 4.78 is 1.18. The maximum atomic E-state index is 3.78. The summed E-state index contributed by atoms with van der Waals surface area (Å²) >= 11 is 3.59. The van der Waals surface area contributed by atoms with Crippen molar-refractivity contribution in [2.24, 2.45) is 5.92 Å². The monoisotopic (exact) mass is 352 g/mol. The van der Waals surface area contributed by atoms with Gasteiger partial charge in [-0.25, -0.2) is 0 Å². The van der Waals surface area contributed by atoms with E-state index in [2.05, 4.69) is 71.2 Å². The van der Waals surface area contributed by atoms with Gasteiger partial charge in [-0.1, -0.05) is 61.7 Å². The Morgan fingerprint density at radius 1 is 1.38 bits per heavy atom. The maximum Gasteiger partial charge on any atom is 0.0238 e. The zero-order valence-corrected chi connectivity index (χ0v) is 15.2. The van der Waals surface area contributed by atoms with Crippen molar-refractivity contribution in [2.45, 2.75) is 58.7 Å². The van der Waals surface area contributed by atoms with Gasteiger partial charge in [-0.15, -0.1) is 0 Å². The van der Waals surface area contributed by atoms with E-state index < -0.39 is 0 Å². The summed E-state index contributed by atoms with van der Waals surface area (Å²) in [6.45, 7) is 10.3. The minimum Gasteiger partial charge on any atom is -0.311 e. The number of nitrogens with zero attached hydrogens (tertiary/aromatic N) is 1. The molecule has 0 saturated carbocycles. The van der Waals surface area contributed by atoms with Gasteiger partial charge in [-0.2, -0.15) is 0 Å². The van der Waals surface area contributed by atoms with Crippen molar-refractivity contribution in [3.05, 3.63) is 34.3 Å². The topological polar surface area (TPSA) is 15.3 Å². The molecule has 0 spiro atoms. The number of hydrogen-bond donors (Lipinski definition) is 1. The number of rotatable bonds is 6. The Morgan fingerprint density at radius 3 is 2.86 bits per heavy atom. The van der Waals surface area contributed by atoms with E-state index in [1.807, 2.05) is 0 Å². The van der Waals surface area contributed by atoms with Crippen molar-refractivity contribution >= 4 is 15.9 Å². The number of benzene rings is 1. The van der Waals surface area contributed by atoms with E-state index in [9.17, 15) is 0 Å². The summed E-state index contributed by atoms with van der Waals surface area (Å²) in [6, 6.07) is 10.1. The van der Waals surface area contributed by atoms with E-state index in [4.69, 9.17) is 0 Å². The van der Waals surface area contributed by atoms with Crippen LogP contribution in [0, 0.1) is 5.92 Å². The molecule has 1 aromatic carbocycles. The molecule has 0 radical (unpaired) electrons. The average Bonchev–Trinajstić information content (AvgIpc) is 2.48. The molecular weight excluding hydrogens is 324 g/mol. The first kappa shape index (κ1) is 17.0. The SMILES string of the molecule is CCCC1CNC(C(C)CC)CN1Cc1cccc(Br)c1. The lowest BCUT2D eigenvalue weighted by atomic mass is 9.94. The van der Waals surface area contributed by atoms with Gasteiger partial charge >= 0.3 is 0 Å². The zero-order valence-electron chi connectivity index (χ0n) is 13.6. The Bertz CT molecular complexity index is 435. The predicted molar refractivity (Wildman–Crippen MR) is 94.5 cm³/mol. The molecular formula is C18H29BrN2. The summed E-state index contributed by atoms with van der Waals surface area (Å²) in [4.78, 5) is 2.69. The van der Waals surface area contributed by atoms with Gasteiger partial charge in [-0.3, -0.25) is 4.90 Å². The van der Waals surface area contributed by atoms with Crippen molar-refractivity contribution in [3.63, 3.8) is 0 Å². The second-order valence-electron chi connectivity index (χ2n) is 6.40. The second-order valence-corrected chi connectivity index (χ2v) is 7.32. The number of halogens is 1. The summed E-state index contributed by atoms with van der Waals surface area (Å²) in [7, 11) is 0. The van der Waals surface area contributed by atoms with Crippen molar-refractivity contribution in [1.82, 2.24) is 10.2 Å². The Hall–Kier alpha value is -0.380. The average molecular weight is 353 g/mol. The van der Waals surface area contributed by atoms with Crippen LogP contribution in [-0.4, -0.2) is 30.1 Å². The molecule has 1 saturated heterocycles. The van der Waals surface area contributed by atoms with E-state index in [0.29, 0.717) is 12.1 Å². The zero-order chi connectivity index (χ0) is 15.2. The minimum absolute atomic E-state index is 0.634. The largest absolute Gasteiger partial charge is 0.311 e. The van der Waals surface area contributed by atoms with Crippen LogP contribution in [0.25, 0.3) is 0 Å². The molecule has 0 aromatic heterocycles. The molecule has 0 amide bonds. The third kappa shape index (κ3) is 4.80. The van der Waals surface area contributed by atoms with E-state index >= 15 is 0 Å². The molecule has 1 aliphatic heterocycles. The standard InChI is InChI=1S/C18H29BrN2/c1-4-7-17-11-20-18(14(3)5-2)13-21(17)12-15-8-6-9-16(19)10-15/h6,8-10,14,17-18,20H,4-5,7,11-13H2,1-3H3. The highest BCUT2D eigenvalue weighted by Crippen LogP contribution is 2.21. The van der Waals surface area contributed by atoms with Crippen molar-refractivity contribution in [2.75, 3.05) is 13.1 Å². The molecule has 1 heterocycles. The first-order chi connectivity index (χ1) is 10.1. The lowest BCUT2D eigenvalue weighted by Gasteiger charge is -2.42. The van der Waals surface area contributed by atoms with Crippen LogP contribution in [0.5, 0.6) is 0 Å². The van der Waals surface area contributed by atoms with Gasteiger partial charge in [0, 0.05) is 36.2 Å². The fraction of sp³-hybridized carbons (Fsp3) is 0.667. The maximum absolute atomic E-state index is 3.78. The van der Waals surface area contributed by atoms with Crippen LogP contribution < -0.4 is 5.32 Å². The Kier molecular flexibility index (Phi) is 6.72. The first-order valence-corrected chi connectivity index (χ1v) is 9.15. The molecule has 3 heteroatoms. The molecule has 3 atom stereocenters. The summed E-state index contributed by atoms with van der Waals surface area (Å²) in [6.07, 6.45) is 3.80. The fourth-order valence-corrected chi connectivity index (χ4v) is 3.68. The molecule has 2 nitrogen and oxygen atoms in total. The number of nitrogens with one attached hydrogen (secondary N) is 1.